The van der Waals surface area contributed by atoms with E-state index in [1.165, 1.54) is 12.5 Å². The van der Waals surface area contributed by atoms with Crippen LogP contribution in [0.3, 0.4) is 0 Å². The van der Waals surface area contributed by atoms with Gasteiger partial charge in [0.25, 0.3) is 5.89 Å². The number of ether oxygens (including phenoxy) is 1. The Kier molecular flexibility index (Phi) is 10.9. The molecule has 0 amide bonds. The summed E-state index contributed by atoms with van der Waals surface area (Å²) < 4.78 is 10.4. The number of nitrogens with two attached hydrogens (primary N) is 1. The van der Waals surface area contributed by atoms with Crippen molar-refractivity contribution in [1.82, 2.24) is 10.3 Å². The van der Waals surface area contributed by atoms with Crippen LogP contribution < -0.4 is 11.1 Å². The van der Waals surface area contributed by atoms with E-state index >= 15 is 0 Å². The van der Waals surface area contributed by atoms with E-state index in [1.807, 2.05) is 32.9 Å². The summed E-state index contributed by atoms with van der Waals surface area (Å²) >= 11 is 0. The van der Waals surface area contributed by atoms with Gasteiger partial charge in [0.05, 0.1) is 25.4 Å². The maximum atomic E-state index is 11.8. The topological polar surface area (TPSA) is 103 Å². The Balaban J connectivity index is 2.38. The van der Waals surface area contributed by atoms with Crippen LogP contribution in [0.15, 0.2) is 46.3 Å². The number of carbonyl (C=O) groups excluding carboxylic acids is 1. The zero-order valence-corrected chi connectivity index (χ0v) is 17.5. The van der Waals surface area contributed by atoms with Crippen molar-refractivity contribution >= 4 is 11.7 Å². The third kappa shape index (κ3) is 8.52. The minimum Gasteiger partial charge on any atom is -0.483 e. The maximum Gasteiger partial charge on any atom is 0.263 e. The molecule has 7 heteroatoms. The van der Waals surface area contributed by atoms with Gasteiger partial charge in [-0.1, -0.05) is 25.5 Å². The molecule has 0 aromatic carbocycles. The zero-order chi connectivity index (χ0) is 20.9. The first-order valence-corrected chi connectivity index (χ1v) is 9.77. The second-order valence-electron chi connectivity index (χ2n) is 6.84. The Bertz CT molecular complexity index is 653. The second kappa shape index (κ2) is 12.9. The first-order chi connectivity index (χ1) is 13.4. The van der Waals surface area contributed by atoms with Crippen LogP contribution in [0.5, 0.6) is 0 Å². The zero-order valence-electron chi connectivity index (χ0n) is 17.5. The molecule has 0 aliphatic rings. The van der Waals surface area contributed by atoms with Gasteiger partial charge >= 0.3 is 0 Å². The van der Waals surface area contributed by atoms with Gasteiger partial charge in [0.1, 0.15) is 6.26 Å². The molecule has 0 spiro atoms. The molecule has 0 saturated heterocycles. The summed E-state index contributed by atoms with van der Waals surface area (Å²) in [4.78, 5) is 20.3. The molecule has 0 radical (unpaired) electrons. The van der Waals surface area contributed by atoms with E-state index < -0.39 is 0 Å². The first kappa shape index (κ1) is 23.6. The first-order valence-electron chi connectivity index (χ1n) is 9.77. The van der Waals surface area contributed by atoms with Gasteiger partial charge in [-0.15, -0.1) is 0 Å². The third-order valence-corrected chi connectivity index (χ3v) is 4.45. The number of nitrogens with zero attached hydrogens (tertiary/aromatic N) is 2. The Hall–Kier alpha value is -2.41. The third-order valence-electron chi connectivity index (χ3n) is 4.45. The average molecular weight is 391 g/mol. The Morgan fingerprint density at radius 1 is 1.43 bits per heavy atom. The lowest BCUT2D eigenvalue weighted by atomic mass is 10.1. The highest BCUT2D eigenvalue weighted by Gasteiger charge is 2.17. The highest BCUT2D eigenvalue weighted by atomic mass is 16.5. The van der Waals surface area contributed by atoms with Crippen molar-refractivity contribution in [2.45, 2.75) is 71.0 Å². The summed E-state index contributed by atoms with van der Waals surface area (Å²) in [5, 5.41) is 3.30. The number of Topliss-reactive ketones (excluding diaryl/α,β-unsaturated/α-hetero) is 1. The van der Waals surface area contributed by atoms with Crippen LogP contribution in [0.1, 0.15) is 63.6 Å². The molecule has 1 heterocycles. The lowest BCUT2D eigenvalue weighted by molar-refractivity contribution is 0.0945. The van der Waals surface area contributed by atoms with Gasteiger partial charge < -0.3 is 20.2 Å². The van der Waals surface area contributed by atoms with Crippen LogP contribution in [0.2, 0.25) is 0 Å². The quantitative estimate of drug-likeness (QED) is 0.175. The Morgan fingerprint density at radius 2 is 2.18 bits per heavy atom. The molecular weight excluding hydrogens is 356 g/mol. The van der Waals surface area contributed by atoms with Gasteiger partial charge in [-0.3, -0.25) is 4.79 Å². The molecule has 3 atom stereocenters. The molecular formula is C21H34N4O3. The SMILES string of the molecule is C=C(/C=C\C)NC(C)[C@@H](C)N=C(OC)[C@@H](N)CCCCCC(=O)c1ncco1. The molecule has 7 nitrogen and oxygen atoms in total. The van der Waals surface area contributed by atoms with E-state index in [-0.39, 0.29) is 29.8 Å². The van der Waals surface area contributed by atoms with Gasteiger partial charge in [0.15, 0.2) is 0 Å². The molecule has 28 heavy (non-hydrogen) atoms. The molecule has 3 N–H and O–H groups in total. The van der Waals surface area contributed by atoms with Crippen LogP contribution in [0.4, 0.5) is 0 Å². The van der Waals surface area contributed by atoms with Crippen molar-refractivity contribution in [1.29, 1.82) is 0 Å². The van der Waals surface area contributed by atoms with Crippen molar-refractivity contribution in [3.8, 4) is 0 Å². The van der Waals surface area contributed by atoms with Crippen molar-refractivity contribution in [2.75, 3.05) is 7.11 Å². The standard InChI is InChI=1S/C21H34N4O3/c1-6-10-15(2)24-16(3)17(4)25-20(27-5)18(22)11-8-7-9-12-19(26)21-23-13-14-28-21/h6,10,13-14,16-18,24H,2,7-9,11-12,22H2,1,3-5H3/b10-6-,25-20?/t16?,17-,18+/m1/s1. The van der Waals surface area contributed by atoms with Crippen molar-refractivity contribution in [3.63, 3.8) is 0 Å². The Labute approximate surface area is 168 Å². The second-order valence-corrected chi connectivity index (χ2v) is 6.84. The monoisotopic (exact) mass is 390 g/mol. The van der Waals surface area contributed by atoms with Crippen molar-refractivity contribution in [2.24, 2.45) is 10.7 Å². The minimum absolute atomic E-state index is 0.0126. The largest absolute Gasteiger partial charge is 0.483 e. The molecule has 0 aliphatic carbocycles. The van der Waals surface area contributed by atoms with Crippen LogP contribution in [0.25, 0.3) is 0 Å². The fraction of sp³-hybridized carbons (Fsp3) is 0.571. The van der Waals surface area contributed by atoms with Crippen LogP contribution >= 0.6 is 0 Å². The number of oxazole rings is 1. The van der Waals surface area contributed by atoms with E-state index in [1.54, 1.807) is 7.11 Å². The Morgan fingerprint density at radius 3 is 2.79 bits per heavy atom. The van der Waals surface area contributed by atoms with E-state index in [0.717, 1.165) is 31.4 Å². The number of nitrogens with one attached hydrogen (secondary N) is 1. The van der Waals surface area contributed by atoms with E-state index in [9.17, 15) is 4.79 Å². The number of rotatable bonds is 13. The molecule has 0 fully saturated rings. The van der Waals surface area contributed by atoms with Gasteiger partial charge in [-0.2, -0.15) is 0 Å². The minimum atomic E-state index is -0.263. The summed E-state index contributed by atoms with van der Waals surface area (Å²) in [5.74, 6) is 0.663. The molecule has 156 valence electrons. The smallest absolute Gasteiger partial charge is 0.263 e. The number of hydrogen-bond donors (Lipinski definition) is 2. The fourth-order valence-electron chi connectivity index (χ4n) is 2.69. The number of aromatic nitrogens is 1. The molecule has 1 rings (SSSR count). The molecule has 1 aromatic rings. The number of allylic oxidation sites excluding steroid dienone is 2. The maximum absolute atomic E-state index is 11.8. The fourth-order valence-corrected chi connectivity index (χ4v) is 2.69. The number of hydrogen-bond acceptors (Lipinski definition) is 7. The molecule has 1 unspecified atom stereocenters. The van der Waals surface area contributed by atoms with Gasteiger partial charge in [-0.25, -0.2) is 9.98 Å². The summed E-state index contributed by atoms with van der Waals surface area (Å²) in [7, 11) is 1.59. The summed E-state index contributed by atoms with van der Waals surface area (Å²) in [5.41, 5.74) is 7.10. The van der Waals surface area contributed by atoms with E-state index in [4.69, 9.17) is 14.9 Å². The average Bonchev–Trinajstić information content (AvgIpc) is 3.20. The summed E-state index contributed by atoms with van der Waals surface area (Å²) in [6.45, 7) is 9.96. The van der Waals surface area contributed by atoms with E-state index in [0.29, 0.717) is 12.3 Å². The molecule has 0 bridgehead atoms. The molecule has 0 aliphatic heterocycles. The number of aliphatic imine (C=N–C) groups is 1. The van der Waals surface area contributed by atoms with Crippen LogP contribution in [-0.2, 0) is 4.74 Å². The van der Waals surface area contributed by atoms with Crippen molar-refractivity contribution in [3.05, 3.63) is 42.8 Å². The van der Waals surface area contributed by atoms with Gasteiger partial charge in [0, 0.05) is 18.2 Å². The predicted molar refractivity (Wildman–Crippen MR) is 112 cm³/mol. The lowest BCUT2D eigenvalue weighted by Gasteiger charge is -2.22. The van der Waals surface area contributed by atoms with Crippen LogP contribution in [-0.4, -0.2) is 41.9 Å². The van der Waals surface area contributed by atoms with Crippen molar-refractivity contribution < 1.29 is 13.9 Å². The summed E-state index contributed by atoms with van der Waals surface area (Å²) in [6.07, 6.45) is 10.5. The number of methoxy groups -OCH3 is 1. The number of unbranched alkanes of at least 4 members (excludes halogenated alkanes) is 2. The number of carbonyl (C=O) groups is 1. The van der Waals surface area contributed by atoms with Crippen LogP contribution in [0, 0.1) is 0 Å². The lowest BCUT2D eigenvalue weighted by Crippen LogP contribution is -2.37. The van der Waals surface area contributed by atoms with E-state index in [2.05, 4.69) is 21.9 Å². The molecule has 1 aromatic heterocycles. The highest BCUT2D eigenvalue weighted by Crippen LogP contribution is 2.11. The van der Waals surface area contributed by atoms with Gasteiger partial charge in [-0.05, 0) is 39.7 Å². The normalized spacial score (nSPS) is 15.2. The molecule has 0 saturated carbocycles. The van der Waals surface area contributed by atoms with Gasteiger partial charge in [0.2, 0.25) is 11.7 Å². The number of ketones is 1. The summed E-state index contributed by atoms with van der Waals surface area (Å²) in [6, 6.07) is -0.176. The predicted octanol–water partition coefficient (Wildman–Crippen LogP) is 3.64. The highest BCUT2D eigenvalue weighted by molar-refractivity contribution is 5.91.